The van der Waals surface area contributed by atoms with E-state index in [1.54, 1.807) is 0 Å². The van der Waals surface area contributed by atoms with Crippen molar-refractivity contribution in [2.24, 2.45) is 0 Å². The highest BCUT2D eigenvalue weighted by molar-refractivity contribution is 6.33. The molecule has 14 heavy (non-hydrogen) atoms. The molecule has 76 valence electrons. The largest absolute Gasteiger partial charge is 0.380 e. The van der Waals surface area contributed by atoms with Crippen LogP contribution in [-0.4, -0.2) is 19.1 Å². The molecule has 0 spiro atoms. The zero-order valence-corrected chi connectivity index (χ0v) is 9.06. The van der Waals surface area contributed by atoms with Gasteiger partial charge in [-0.25, -0.2) is 0 Å². The molecule has 1 saturated heterocycles. The molecule has 1 unspecified atom stereocenters. The second-order valence-corrected chi connectivity index (χ2v) is 4.22. The van der Waals surface area contributed by atoms with E-state index in [1.807, 2.05) is 13.0 Å². The van der Waals surface area contributed by atoms with E-state index in [0.29, 0.717) is 6.04 Å². The van der Waals surface area contributed by atoms with E-state index in [9.17, 15) is 0 Å². The summed E-state index contributed by atoms with van der Waals surface area (Å²) in [6.07, 6.45) is 1.17. The molecular weight excluding hydrogens is 196 g/mol. The fourth-order valence-electron chi connectivity index (χ4n) is 1.73. The average Bonchev–Trinajstić information content (AvgIpc) is 2.62. The number of nitrogens with one attached hydrogen (secondary N) is 2. The highest BCUT2D eigenvalue weighted by Gasteiger charge is 2.14. The molecule has 1 fully saturated rings. The molecule has 0 aliphatic carbocycles. The van der Waals surface area contributed by atoms with Gasteiger partial charge >= 0.3 is 0 Å². The van der Waals surface area contributed by atoms with Crippen LogP contribution < -0.4 is 10.6 Å². The third kappa shape index (κ3) is 2.20. The number of benzene rings is 1. The summed E-state index contributed by atoms with van der Waals surface area (Å²) in [5.41, 5.74) is 2.25. The average molecular weight is 211 g/mol. The zero-order valence-electron chi connectivity index (χ0n) is 8.31. The van der Waals surface area contributed by atoms with Gasteiger partial charge in [-0.15, -0.1) is 0 Å². The van der Waals surface area contributed by atoms with Crippen LogP contribution in [0.2, 0.25) is 5.02 Å². The quantitative estimate of drug-likeness (QED) is 0.784. The number of aryl methyl sites for hydroxylation is 1. The maximum absolute atomic E-state index is 6.13. The summed E-state index contributed by atoms with van der Waals surface area (Å²) in [6, 6.07) is 6.65. The van der Waals surface area contributed by atoms with Gasteiger partial charge in [-0.05, 0) is 37.6 Å². The van der Waals surface area contributed by atoms with Gasteiger partial charge in [0.2, 0.25) is 0 Å². The van der Waals surface area contributed by atoms with Crippen molar-refractivity contribution >= 4 is 17.3 Å². The minimum absolute atomic E-state index is 0.523. The second-order valence-electron chi connectivity index (χ2n) is 3.82. The third-order valence-electron chi connectivity index (χ3n) is 2.54. The van der Waals surface area contributed by atoms with Crippen LogP contribution in [0.25, 0.3) is 0 Å². The van der Waals surface area contributed by atoms with Crippen LogP contribution in [-0.2, 0) is 0 Å². The summed E-state index contributed by atoms with van der Waals surface area (Å²) in [5, 5.41) is 7.58. The Hall–Kier alpha value is -0.730. The SMILES string of the molecule is Cc1ccc(NC2CCNC2)c(Cl)c1. The first-order chi connectivity index (χ1) is 6.75. The third-order valence-corrected chi connectivity index (χ3v) is 2.86. The van der Waals surface area contributed by atoms with Crippen molar-refractivity contribution < 1.29 is 0 Å². The van der Waals surface area contributed by atoms with Crippen molar-refractivity contribution in [3.05, 3.63) is 28.8 Å². The highest BCUT2D eigenvalue weighted by Crippen LogP contribution is 2.24. The van der Waals surface area contributed by atoms with E-state index in [1.165, 1.54) is 12.0 Å². The first-order valence-electron chi connectivity index (χ1n) is 4.99. The van der Waals surface area contributed by atoms with E-state index in [0.717, 1.165) is 23.8 Å². The van der Waals surface area contributed by atoms with Gasteiger partial charge < -0.3 is 10.6 Å². The first kappa shape index (κ1) is 9.81. The molecule has 3 heteroatoms. The summed E-state index contributed by atoms with van der Waals surface area (Å²) in [7, 11) is 0. The van der Waals surface area contributed by atoms with Crippen molar-refractivity contribution in [3.8, 4) is 0 Å². The standard InChI is InChI=1S/C11H15ClN2/c1-8-2-3-11(10(12)6-8)14-9-4-5-13-7-9/h2-3,6,9,13-14H,4-5,7H2,1H3. The van der Waals surface area contributed by atoms with Crippen molar-refractivity contribution in [1.29, 1.82) is 0 Å². The molecule has 0 radical (unpaired) electrons. The minimum Gasteiger partial charge on any atom is -0.380 e. The lowest BCUT2D eigenvalue weighted by Crippen LogP contribution is -2.22. The van der Waals surface area contributed by atoms with Crippen LogP contribution in [0, 0.1) is 6.92 Å². The van der Waals surface area contributed by atoms with E-state index < -0.39 is 0 Å². The predicted octanol–water partition coefficient (Wildman–Crippen LogP) is 2.42. The molecule has 0 aromatic heterocycles. The van der Waals surface area contributed by atoms with Gasteiger partial charge in [0.15, 0.2) is 0 Å². The molecular formula is C11H15ClN2. The van der Waals surface area contributed by atoms with Crippen LogP contribution >= 0.6 is 11.6 Å². The molecule has 2 rings (SSSR count). The van der Waals surface area contributed by atoms with Crippen molar-refractivity contribution in [2.45, 2.75) is 19.4 Å². The Labute approximate surface area is 89.7 Å². The van der Waals surface area contributed by atoms with Crippen LogP contribution in [0.5, 0.6) is 0 Å². The number of anilines is 1. The van der Waals surface area contributed by atoms with Gasteiger partial charge in [0.1, 0.15) is 0 Å². The van der Waals surface area contributed by atoms with Gasteiger partial charge in [0.05, 0.1) is 10.7 Å². The van der Waals surface area contributed by atoms with Crippen LogP contribution in [0.15, 0.2) is 18.2 Å². The fraction of sp³-hybridized carbons (Fsp3) is 0.455. The van der Waals surface area contributed by atoms with Gasteiger partial charge in [-0.3, -0.25) is 0 Å². The summed E-state index contributed by atoms with van der Waals surface area (Å²) in [4.78, 5) is 0. The van der Waals surface area contributed by atoms with Gasteiger partial charge in [0, 0.05) is 12.6 Å². The van der Waals surface area contributed by atoms with E-state index >= 15 is 0 Å². The maximum atomic E-state index is 6.13. The maximum Gasteiger partial charge on any atom is 0.0640 e. The molecule has 0 amide bonds. The summed E-state index contributed by atoms with van der Waals surface area (Å²) in [6.45, 7) is 4.18. The van der Waals surface area contributed by atoms with Crippen molar-refractivity contribution in [2.75, 3.05) is 18.4 Å². The number of rotatable bonds is 2. The normalized spacial score (nSPS) is 21.1. The highest BCUT2D eigenvalue weighted by atomic mass is 35.5. The fourth-order valence-corrected chi connectivity index (χ4v) is 2.02. The number of hydrogen-bond acceptors (Lipinski definition) is 2. The monoisotopic (exact) mass is 210 g/mol. The van der Waals surface area contributed by atoms with E-state index in [4.69, 9.17) is 11.6 Å². The van der Waals surface area contributed by atoms with Crippen LogP contribution in [0.1, 0.15) is 12.0 Å². The minimum atomic E-state index is 0.523. The molecule has 2 N–H and O–H groups in total. The Morgan fingerprint density at radius 1 is 1.50 bits per heavy atom. The molecule has 1 atom stereocenters. The van der Waals surface area contributed by atoms with E-state index in [-0.39, 0.29) is 0 Å². The Bertz CT molecular complexity index is 319. The molecule has 1 aliphatic heterocycles. The molecule has 1 aliphatic rings. The Balaban J connectivity index is 2.08. The lowest BCUT2D eigenvalue weighted by Gasteiger charge is -2.14. The molecule has 1 heterocycles. The zero-order chi connectivity index (χ0) is 9.97. The van der Waals surface area contributed by atoms with Gasteiger partial charge in [0.25, 0.3) is 0 Å². The molecule has 2 nitrogen and oxygen atoms in total. The summed E-state index contributed by atoms with van der Waals surface area (Å²) < 4.78 is 0. The second kappa shape index (κ2) is 4.20. The van der Waals surface area contributed by atoms with Gasteiger partial charge in [-0.1, -0.05) is 17.7 Å². The van der Waals surface area contributed by atoms with Crippen LogP contribution in [0.3, 0.4) is 0 Å². The Kier molecular flexibility index (Phi) is 2.94. The van der Waals surface area contributed by atoms with E-state index in [2.05, 4.69) is 22.8 Å². The van der Waals surface area contributed by atoms with Crippen molar-refractivity contribution in [3.63, 3.8) is 0 Å². The first-order valence-corrected chi connectivity index (χ1v) is 5.37. The molecule has 0 saturated carbocycles. The Morgan fingerprint density at radius 3 is 3.00 bits per heavy atom. The predicted molar refractivity (Wildman–Crippen MR) is 61.1 cm³/mol. The molecule has 0 bridgehead atoms. The lowest BCUT2D eigenvalue weighted by molar-refractivity contribution is 0.793. The molecule has 1 aromatic carbocycles. The summed E-state index contributed by atoms with van der Waals surface area (Å²) in [5.74, 6) is 0. The Morgan fingerprint density at radius 2 is 2.36 bits per heavy atom. The number of hydrogen-bond donors (Lipinski definition) is 2. The van der Waals surface area contributed by atoms with Gasteiger partial charge in [-0.2, -0.15) is 0 Å². The molecule has 1 aromatic rings. The van der Waals surface area contributed by atoms with Crippen molar-refractivity contribution in [1.82, 2.24) is 5.32 Å². The topological polar surface area (TPSA) is 24.1 Å². The van der Waals surface area contributed by atoms with Crippen LogP contribution in [0.4, 0.5) is 5.69 Å². The summed E-state index contributed by atoms with van der Waals surface area (Å²) >= 11 is 6.13. The number of halogens is 1. The smallest absolute Gasteiger partial charge is 0.0640 e. The lowest BCUT2D eigenvalue weighted by atomic mass is 10.2.